The molecule has 0 atom stereocenters. The predicted octanol–water partition coefficient (Wildman–Crippen LogP) is 3.66. The number of hydrogen-bond acceptors (Lipinski definition) is 2. The molecule has 5 nitrogen and oxygen atoms in total. The van der Waals surface area contributed by atoms with Crippen LogP contribution in [0.3, 0.4) is 0 Å². The van der Waals surface area contributed by atoms with E-state index in [1.165, 1.54) is 66.1 Å². The van der Waals surface area contributed by atoms with E-state index in [1.54, 1.807) is 20.3 Å². The molecule has 140 valence electrons. The number of hydrogen-bond donors (Lipinski definition) is 0. The Morgan fingerprint density at radius 1 is 0.958 bits per heavy atom. The molecule has 0 aromatic carbocycles. The number of aromatic nitrogens is 2. The lowest BCUT2D eigenvalue weighted by Crippen LogP contribution is -2.38. The third-order valence-corrected chi connectivity index (χ3v) is 6.39. The lowest BCUT2D eigenvalue weighted by atomic mass is 10.1. The monoisotopic (exact) mass is 358 g/mol. The van der Waals surface area contributed by atoms with Crippen molar-refractivity contribution in [3.05, 3.63) is 18.2 Å². The molecule has 0 saturated heterocycles. The van der Waals surface area contributed by atoms with E-state index in [0.29, 0.717) is 0 Å². The molecule has 1 aromatic rings. The van der Waals surface area contributed by atoms with Gasteiger partial charge in [-0.1, -0.05) is 58.3 Å². The molecule has 0 fully saturated rings. The minimum atomic E-state index is -3.41. The summed E-state index contributed by atoms with van der Waals surface area (Å²) in [5, 5.41) is 0. The van der Waals surface area contributed by atoms with Crippen LogP contribution in [0.2, 0.25) is 0 Å². The van der Waals surface area contributed by atoms with E-state index in [9.17, 15) is 8.42 Å². The number of unbranched alkanes of at least 4 members (excludes halogenated alkanes) is 9. The third-order valence-electron chi connectivity index (χ3n) is 4.58. The zero-order chi connectivity index (χ0) is 18.0. The average molecular weight is 359 g/mol. The molecule has 0 aliphatic heterocycles. The second-order valence-corrected chi connectivity index (χ2v) is 8.83. The summed E-state index contributed by atoms with van der Waals surface area (Å²) in [7, 11) is -0.296. The van der Waals surface area contributed by atoms with Crippen molar-refractivity contribution in [2.24, 2.45) is 0 Å². The smallest absolute Gasteiger partial charge is 0.233 e. The minimum Gasteiger partial charge on any atom is -0.233 e. The molecule has 0 unspecified atom stereocenters. The Morgan fingerprint density at radius 2 is 1.46 bits per heavy atom. The molecule has 1 rings (SSSR count). The standard InChI is InChI=1S/C18H36N3O2S/c1-5-6-7-8-9-10-11-12-13-14-15-20-16-17-21(18(20)2)24(22,23)19(3)4/h16-17H,5-15H2,1-4H3/q+1. The van der Waals surface area contributed by atoms with Gasteiger partial charge < -0.3 is 0 Å². The first-order valence-corrected chi connectivity index (χ1v) is 10.8. The molecule has 0 amide bonds. The van der Waals surface area contributed by atoms with E-state index >= 15 is 0 Å². The Kier molecular flexibility index (Phi) is 9.59. The van der Waals surface area contributed by atoms with Crippen molar-refractivity contribution >= 4 is 10.2 Å². The molecule has 6 heteroatoms. The van der Waals surface area contributed by atoms with Crippen LogP contribution >= 0.6 is 0 Å². The molecule has 0 radical (unpaired) electrons. The van der Waals surface area contributed by atoms with Gasteiger partial charge in [-0.05, 0) is 12.8 Å². The summed E-state index contributed by atoms with van der Waals surface area (Å²) in [5.74, 6) is 0.764. The second-order valence-electron chi connectivity index (χ2n) is 6.81. The van der Waals surface area contributed by atoms with Crippen LogP contribution in [0.4, 0.5) is 0 Å². The number of nitrogens with zero attached hydrogens (tertiary/aromatic N) is 3. The first kappa shape index (κ1) is 21.2. The summed E-state index contributed by atoms with van der Waals surface area (Å²) in [5.41, 5.74) is 0. The van der Waals surface area contributed by atoms with Crippen molar-refractivity contribution in [3.8, 4) is 0 Å². The third kappa shape index (κ3) is 6.55. The Bertz CT molecular complexity index is 565. The van der Waals surface area contributed by atoms with E-state index in [0.717, 1.165) is 18.8 Å². The van der Waals surface area contributed by atoms with Crippen molar-refractivity contribution in [3.63, 3.8) is 0 Å². The summed E-state index contributed by atoms with van der Waals surface area (Å²) in [6.07, 6.45) is 16.6. The maximum Gasteiger partial charge on any atom is 0.379 e. The topological polar surface area (TPSA) is 46.2 Å². The number of rotatable bonds is 13. The van der Waals surface area contributed by atoms with Crippen LogP contribution in [0.25, 0.3) is 0 Å². The molecule has 0 aliphatic rings. The average Bonchev–Trinajstić information content (AvgIpc) is 2.90. The Balaban J connectivity index is 2.24. The summed E-state index contributed by atoms with van der Waals surface area (Å²) in [6.45, 7) is 5.00. The first-order valence-electron chi connectivity index (χ1n) is 9.41. The van der Waals surface area contributed by atoms with Gasteiger partial charge in [-0.2, -0.15) is 12.7 Å². The molecule has 0 aliphatic carbocycles. The van der Waals surface area contributed by atoms with E-state index in [4.69, 9.17) is 0 Å². The summed E-state index contributed by atoms with van der Waals surface area (Å²) < 4.78 is 29.0. The van der Waals surface area contributed by atoms with E-state index in [1.807, 2.05) is 17.7 Å². The molecule has 1 heterocycles. The lowest BCUT2D eigenvalue weighted by molar-refractivity contribution is -0.702. The number of aryl methyl sites for hydroxylation is 1. The van der Waals surface area contributed by atoms with Crippen LogP contribution < -0.4 is 4.57 Å². The first-order chi connectivity index (χ1) is 11.4. The van der Waals surface area contributed by atoms with Gasteiger partial charge in [0.15, 0.2) is 0 Å². The lowest BCUT2D eigenvalue weighted by Gasteiger charge is -2.08. The van der Waals surface area contributed by atoms with Gasteiger partial charge in [-0.25, -0.2) is 4.57 Å². The van der Waals surface area contributed by atoms with Gasteiger partial charge in [0, 0.05) is 21.0 Å². The normalized spacial score (nSPS) is 12.2. The molecule has 1 aromatic heterocycles. The fraction of sp³-hybridized carbons (Fsp3) is 0.833. The zero-order valence-electron chi connectivity index (χ0n) is 16.0. The fourth-order valence-electron chi connectivity index (χ4n) is 2.91. The quantitative estimate of drug-likeness (QED) is 0.399. The van der Waals surface area contributed by atoms with Gasteiger partial charge >= 0.3 is 10.2 Å². The van der Waals surface area contributed by atoms with Gasteiger partial charge in [0.2, 0.25) is 0 Å². The van der Waals surface area contributed by atoms with Crippen LogP contribution in [0, 0.1) is 6.92 Å². The summed E-state index contributed by atoms with van der Waals surface area (Å²) in [4.78, 5) is 0. The Labute approximate surface area is 148 Å². The van der Waals surface area contributed by atoms with E-state index < -0.39 is 10.2 Å². The zero-order valence-corrected chi connectivity index (χ0v) is 16.8. The Hall–Kier alpha value is -0.880. The molecule has 0 N–H and O–H groups in total. The van der Waals surface area contributed by atoms with Crippen molar-refractivity contribution in [1.82, 2.24) is 8.28 Å². The van der Waals surface area contributed by atoms with Crippen molar-refractivity contribution in [2.75, 3.05) is 14.1 Å². The van der Waals surface area contributed by atoms with Crippen molar-refractivity contribution in [2.45, 2.75) is 84.6 Å². The molecule has 0 bridgehead atoms. The van der Waals surface area contributed by atoms with Crippen molar-refractivity contribution in [1.29, 1.82) is 0 Å². The molecule has 0 spiro atoms. The highest BCUT2D eigenvalue weighted by Gasteiger charge is 2.26. The summed E-state index contributed by atoms with van der Waals surface area (Å²) in [6, 6.07) is 0. The van der Waals surface area contributed by atoms with Gasteiger partial charge in [0.1, 0.15) is 12.4 Å². The van der Waals surface area contributed by atoms with Gasteiger partial charge in [-0.15, -0.1) is 3.97 Å². The largest absolute Gasteiger partial charge is 0.379 e. The van der Waals surface area contributed by atoms with Gasteiger partial charge in [0.25, 0.3) is 5.82 Å². The van der Waals surface area contributed by atoms with Gasteiger partial charge in [-0.3, -0.25) is 0 Å². The minimum absolute atomic E-state index is 0.764. The van der Waals surface area contributed by atoms with Crippen LogP contribution in [0.5, 0.6) is 0 Å². The second kappa shape index (κ2) is 10.9. The van der Waals surface area contributed by atoms with E-state index in [2.05, 4.69) is 6.92 Å². The van der Waals surface area contributed by atoms with Gasteiger partial charge in [0.05, 0.1) is 6.54 Å². The SMILES string of the molecule is CCCCCCCCCCCC[n+]1ccn(S(=O)(=O)N(C)C)c1C. The molecular formula is C18H36N3O2S+. The maximum absolute atomic E-state index is 12.2. The number of imidazole rings is 1. The Morgan fingerprint density at radius 3 is 1.96 bits per heavy atom. The molecular weight excluding hydrogens is 322 g/mol. The predicted molar refractivity (Wildman–Crippen MR) is 99.2 cm³/mol. The van der Waals surface area contributed by atoms with Crippen LogP contribution in [-0.4, -0.2) is 30.8 Å². The maximum atomic E-state index is 12.2. The molecule has 24 heavy (non-hydrogen) atoms. The highest BCUT2D eigenvalue weighted by Crippen LogP contribution is 2.11. The van der Waals surface area contributed by atoms with Crippen LogP contribution in [-0.2, 0) is 16.8 Å². The highest BCUT2D eigenvalue weighted by atomic mass is 32.2. The summed E-state index contributed by atoms with van der Waals surface area (Å²) >= 11 is 0. The highest BCUT2D eigenvalue weighted by molar-refractivity contribution is 7.87. The van der Waals surface area contributed by atoms with Crippen molar-refractivity contribution < 1.29 is 13.0 Å². The molecule has 0 saturated carbocycles. The van der Waals surface area contributed by atoms with Crippen LogP contribution in [0.1, 0.15) is 77.0 Å². The fourth-order valence-corrected chi connectivity index (χ4v) is 3.91. The van der Waals surface area contributed by atoms with E-state index in [-0.39, 0.29) is 0 Å². The van der Waals surface area contributed by atoms with Crippen LogP contribution in [0.15, 0.2) is 12.4 Å².